The molecule has 1 saturated heterocycles. The zero-order valence-corrected chi connectivity index (χ0v) is 28.0. The molecule has 1 aromatic heterocycles. The maximum Gasteiger partial charge on any atom is 0.277 e. The van der Waals surface area contributed by atoms with Crippen LogP contribution < -0.4 is 10.2 Å². The molecule has 0 saturated carbocycles. The Morgan fingerprint density at radius 3 is 2.34 bits per heavy atom. The molecule has 5 aromatic rings. The molecular formula is C37H38N5O4P. The van der Waals surface area contributed by atoms with E-state index in [2.05, 4.69) is 115 Å². The molecule has 2 aliphatic rings. The summed E-state index contributed by atoms with van der Waals surface area (Å²) < 4.78 is 15.8. The molecule has 1 fully saturated rings. The van der Waals surface area contributed by atoms with Gasteiger partial charge in [-0.05, 0) is 60.8 Å². The van der Waals surface area contributed by atoms with Crippen LogP contribution in [0.15, 0.2) is 107 Å². The minimum atomic E-state index is -2.97. The molecule has 7 rings (SSSR count). The summed E-state index contributed by atoms with van der Waals surface area (Å²) in [5.41, 5.74) is 5.63. The number of carbonyl (C=O) groups excluding carboxylic acids is 1. The lowest BCUT2D eigenvalue weighted by molar-refractivity contribution is -0.384. The lowest BCUT2D eigenvalue weighted by Gasteiger charge is -2.39. The normalized spacial score (nSPS) is 18.4. The maximum atomic E-state index is 14.3. The number of benzene rings is 4. The standard InChI is InChI=1S/C37H38N5O4P/c1-5-41-32-12-8-6-10-29(32)30-24-28(18-19-33(30)41)47(40-20-22-46-23-21-40,38-36(43)26-14-16-27(17-15-26)42(44)45)25-35-37(2,3)31-11-7-9-13-34(31)39(35)4/h6-19,24-25H,5,20-23H2,1-4H3/b35-25+/t47-/m0/s1. The van der Waals surface area contributed by atoms with E-state index in [0.29, 0.717) is 31.9 Å². The van der Waals surface area contributed by atoms with E-state index in [1.807, 2.05) is 0 Å². The number of nitrogens with zero attached hydrogens (tertiary/aromatic N) is 5. The molecule has 1 atom stereocenters. The number of likely N-dealkylation sites (N-methyl/N-ethyl adjacent to an activating group) is 1. The van der Waals surface area contributed by atoms with Gasteiger partial charge in [-0.25, -0.2) is 4.74 Å². The van der Waals surface area contributed by atoms with Crippen LogP contribution in [0.25, 0.3) is 21.8 Å². The van der Waals surface area contributed by atoms with E-state index in [9.17, 15) is 14.9 Å². The number of morpholine rings is 1. The summed E-state index contributed by atoms with van der Waals surface area (Å²) in [5, 5.41) is 14.6. The van der Waals surface area contributed by atoms with Crippen molar-refractivity contribution >= 4 is 51.6 Å². The number of anilines is 1. The number of ether oxygens (including phenoxy) is 1. The number of hydrogen-bond donors (Lipinski definition) is 0. The van der Waals surface area contributed by atoms with Gasteiger partial charge in [-0.2, -0.15) is 0 Å². The maximum absolute atomic E-state index is 14.3. The van der Waals surface area contributed by atoms with Crippen molar-refractivity contribution in [3.8, 4) is 0 Å². The first-order valence-electron chi connectivity index (χ1n) is 16.0. The Bertz CT molecular complexity index is 2130. The van der Waals surface area contributed by atoms with Crippen molar-refractivity contribution in [2.45, 2.75) is 32.7 Å². The Morgan fingerprint density at radius 2 is 1.64 bits per heavy atom. The van der Waals surface area contributed by atoms with E-state index in [1.165, 1.54) is 35.3 Å². The van der Waals surface area contributed by atoms with Gasteiger partial charge in [-0.15, -0.1) is 0 Å². The number of allylic oxidation sites excluding steroid dienone is 1. The fourth-order valence-electron chi connectivity index (χ4n) is 7.24. The molecule has 1 amide bonds. The first-order chi connectivity index (χ1) is 22.7. The van der Waals surface area contributed by atoms with Gasteiger partial charge in [0.1, 0.15) is 0 Å². The van der Waals surface area contributed by atoms with Gasteiger partial charge in [-0.1, -0.05) is 50.2 Å². The molecule has 0 aliphatic carbocycles. The fraction of sp³-hybridized carbons (Fsp3) is 0.270. The van der Waals surface area contributed by atoms with Crippen molar-refractivity contribution in [1.82, 2.24) is 9.24 Å². The fourth-order valence-corrected chi connectivity index (χ4v) is 10.8. The number of nitro groups is 1. The highest BCUT2D eigenvalue weighted by Gasteiger charge is 2.42. The van der Waals surface area contributed by atoms with E-state index in [0.717, 1.165) is 39.5 Å². The van der Waals surface area contributed by atoms with E-state index < -0.39 is 18.0 Å². The largest absolute Gasteiger partial charge is 0.379 e. The summed E-state index contributed by atoms with van der Waals surface area (Å²) >= 11 is 0. The number of aryl methyl sites for hydroxylation is 1. The number of nitro benzene ring substituents is 1. The minimum Gasteiger partial charge on any atom is -0.379 e. The Balaban J connectivity index is 1.54. The molecule has 240 valence electrons. The average molecular weight is 648 g/mol. The Kier molecular flexibility index (Phi) is 7.87. The lowest BCUT2D eigenvalue weighted by Crippen LogP contribution is -2.37. The number of hydrogen-bond acceptors (Lipinski definition) is 5. The van der Waals surface area contributed by atoms with Crippen LogP contribution in [-0.4, -0.2) is 53.4 Å². The predicted octanol–water partition coefficient (Wildman–Crippen LogP) is 7.91. The molecule has 0 unspecified atom stereocenters. The topological polar surface area (TPSA) is 93.2 Å². The first-order valence-corrected chi connectivity index (χ1v) is 17.7. The number of aromatic nitrogens is 1. The van der Waals surface area contributed by atoms with Crippen molar-refractivity contribution in [2.75, 3.05) is 38.3 Å². The number of para-hydroxylation sites is 2. The molecule has 4 aromatic carbocycles. The lowest BCUT2D eigenvalue weighted by atomic mass is 9.84. The predicted molar refractivity (Wildman–Crippen MR) is 190 cm³/mol. The summed E-state index contributed by atoms with van der Waals surface area (Å²) in [7, 11) is -0.884. The number of carbonyl (C=O) groups is 1. The van der Waals surface area contributed by atoms with Gasteiger partial charge in [0, 0.05) is 88.3 Å². The molecule has 9 nitrogen and oxygen atoms in total. The van der Waals surface area contributed by atoms with E-state index in [-0.39, 0.29) is 11.1 Å². The van der Waals surface area contributed by atoms with Crippen LogP contribution in [0.4, 0.5) is 11.4 Å². The number of rotatable bonds is 6. The third kappa shape index (κ3) is 5.10. The second-order valence-corrected chi connectivity index (χ2v) is 15.4. The molecule has 0 spiro atoms. The second-order valence-electron chi connectivity index (χ2n) is 12.6. The van der Waals surface area contributed by atoms with Crippen LogP contribution in [0.1, 0.15) is 36.7 Å². The molecule has 0 radical (unpaired) electrons. The molecule has 10 heteroatoms. The van der Waals surface area contributed by atoms with Gasteiger partial charge >= 0.3 is 0 Å². The molecule has 0 bridgehead atoms. The molecule has 2 aliphatic heterocycles. The highest BCUT2D eigenvalue weighted by molar-refractivity contribution is 7.75. The summed E-state index contributed by atoms with van der Waals surface area (Å²) in [4.78, 5) is 27.5. The quantitative estimate of drug-likeness (QED) is 0.106. The van der Waals surface area contributed by atoms with E-state index >= 15 is 0 Å². The first kappa shape index (κ1) is 31.1. The number of non-ortho nitro benzene ring substituents is 1. The molecule has 3 heterocycles. The van der Waals surface area contributed by atoms with Crippen LogP contribution in [0.2, 0.25) is 0 Å². The van der Waals surface area contributed by atoms with Gasteiger partial charge < -0.3 is 14.2 Å². The summed E-state index contributed by atoms with van der Waals surface area (Å²) in [6.07, 6.45) is 0. The molecular weight excluding hydrogens is 609 g/mol. The SMILES string of the molecule is CCn1c2ccccc2c2cc([P@@](/C=C3/N(C)c4ccccc4C3(C)C)(=NC(=O)c3ccc([N+](=O)[O-])cc3)N3CCOCC3)ccc21. The minimum absolute atomic E-state index is 0.0669. The molecule has 47 heavy (non-hydrogen) atoms. The van der Waals surface area contributed by atoms with Gasteiger partial charge in [-0.3, -0.25) is 19.6 Å². The van der Waals surface area contributed by atoms with Crippen molar-refractivity contribution in [3.63, 3.8) is 0 Å². The Morgan fingerprint density at radius 1 is 0.957 bits per heavy atom. The van der Waals surface area contributed by atoms with Gasteiger partial charge in [0.25, 0.3) is 11.6 Å². The van der Waals surface area contributed by atoms with E-state index in [1.54, 1.807) is 0 Å². The van der Waals surface area contributed by atoms with Gasteiger partial charge in [0.2, 0.25) is 0 Å². The van der Waals surface area contributed by atoms with Crippen molar-refractivity contribution in [3.05, 3.63) is 124 Å². The van der Waals surface area contributed by atoms with Crippen LogP contribution in [0.5, 0.6) is 0 Å². The summed E-state index contributed by atoms with van der Waals surface area (Å²) in [6.45, 7) is 9.73. The average Bonchev–Trinajstić information content (AvgIpc) is 3.52. The Hall–Kier alpha value is -4.56. The van der Waals surface area contributed by atoms with Crippen molar-refractivity contribution < 1.29 is 14.5 Å². The highest BCUT2D eigenvalue weighted by atomic mass is 31.2. The smallest absolute Gasteiger partial charge is 0.277 e. The number of fused-ring (bicyclic) bond motifs is 4. The van der Waals surface area contributed by atoms with Crippen LogP contribution in [0.3, 0.4) is 0 Å². The van der Waals surface area contributed by atoms with Crippen molar-refractivity contribution in [1.29, 1.82) is 0 Å². The third-order valence-electron chi connectivity index (χ3n) is 9.68. The monoisotopic (exact) mass is 647 g/mol. The summed E-state index contributed by atoms with van der Waals surface area (Å²) in [5.74, 6) is 1.88. The van der Waals surface area contributed by atoms with Crippen LogP contribution >= 0.6 is 7.21 Å². The zero-order chi connectivity index (χ0) is 32.9. The van der Waals surface area contributed by atoms with Crippen LogP contribution in [0, 0.1) is 10.1 Å². The Labute approximate surface area is 274 Å². The van der Waals surface area contributed by atoms with Crippen LogP contribution in [-0.2, 0) is 16.7 Å². The highest BCUT2D eigenvalue weighted by Crippen LogP contribution is 2.59. The van der Waals surface area contributed by atoms with Gasteiger partial charge in [0.05, 0.1) is 25.3 Å². The van der Waals surface area contributed by atoms with E-state index in [4.69, 9.17) is 9.48 Å². The van der Waals surface area contributed by atoms with Crippen molar-refractivity contribution in [2.24, 2.45) is 4.74 Å². The molecule has 0 N–H and O–H groups in total. The summed E-state index contributed by atoms with van der Waals surface area (Å²) in [6, 6.07) is 29.2. The third-order valence-corrected chi connectivity index (χ3v) is 13.1. The second kappa shape index (κ2) is 11.9. The number of amides is 1. The zero-order valence-electron chi connectivity index (χ0n) is 27.1. The van der Waals surface area contributed by atoms with Gasteiger partial charge in [0.15, 0.2) is 0 Å².